The Kier molecular flexibility index (Phi) is 8.60. The number of thioether (sulfide) groups is 1. The van der Waals surface area contributed by atoms with Gasteiger partial charge in [-0.2, -0.15) is 0 Å². The van der Waals surface area contributed by atoms with E-state index in [2.05, 4.69) is 15.5 Å². The minimum atomic E-state index is -0.443. The van der Waals surface area contributed by atoms with Gasteiger partial charge in [0.1, 0.15) is 5.82 Å². The van der Waals surface area contributed by atoms with Crippen LogP contribution < -0.4 is 5.32 Å². The van der Waals surface area contributed by atoms with Gasteiger partial charge in [0, 0.05) is 42.7 Å². The molecule has 1 N–H and O–H groups in total. The van der Waals surface area contributed by atoms with E-state index in [1.165, 1.54) is 36.0 Å². The fourth-order valence-electron chi connectivity index (χ4n) is 3.51. The van der Waals surface area contributed by atoms with Gasteiger partial charge in [0.25, 0.3) is 11.6 Å². The Hall–Kier alpha value is -4.09. The Morgan fingerprint density at radius 3 is 2.35 bits per heavy atom. The van der Waals surface area contributed by atoms with Gasteiger partial charge in [0.05, 0.1) is 18.1 Å². The highest BCUT2D eigenvalue weighted by molar-refractivity contribution is 7.98. The molecule has 0 atom stereocenters. The van der Waals surface area contributed by atoms with Gasteiger partial charge in [-0.1, -0.05) is 36.0 Å². The lowest BCUT2D eigenvalue weighted by Gasteiger charge is -2.10. The van der Waals surface area contributed by atoms with Crippen molar-refractivity contribution in [1.82, 2.24) is 20.1 Å². The lowest BCUT2D eigenvalue weighted by molar-refractivity contribution is -0.384. The van der Waals surface area contributed by atoms with Crippen LogP contribution in [0.2, 0.25) is 0 Å². The number of nitrogens with zero attached hydrogens (tertiary/aromatic N) is 4. The molecule has 0 aliphatic heterocycles. The van der Waals surface area contributed by atoms with Crippen LogP contribution >= 0.6 is 11.8 Å². The average Bonchev–Trinajstić information content (AvgIpc) is 3.33. The number of nitrogens with one attached hydrogen (secondary N) is 1. The van der Waals surface area contributed by atoms with Crippen LogP contribution in [0.25, 0.3) is 11.4 Å². The largest absolute Gasteiger partial charge is 0.383 e. The summed E-state index contributed by atoms with van der Waals surface area (Å²) in [5, 5.41) is 23.1. The van der Waals surface area contributed by atoms with Gasteiger partial charge in [-0.3, -0.25) is 19.5 Å². The maximum absolute atomic E-state index is 13.0. The van der Waals surface area contributed by atoms with Crippen molar-refractivity contribution in [3.8, 4) is 11.4 Å². The monoisotopic (exact) mass is 521 g/mol. The number of carbonyl (C=O) groups is 1. The molecule has 0 unspecified atom stereocenters. The molecule has 0 spiro atoms. The molecule has 4 aromatic rings. The summed E-state index contributed by atoms with van der Waals surface area (Å²) in [6.07, 6.45) is 0. The third kappa shape index (κ3) is 6.78. The van der Waals surface area contributed by atoms with Crippen molar-refractivity contribution in [3.63, 3.8) is 0 Å². The van der Waals surface area contributed by atoms with Crippen LogP contribution in [0.1, 0.15) is 21.5 Å². The van der Waals surface area contributed by atoms with Crippen LogP contribution in [0.4, 0.5) is 10.1 Å². The smallest absolute Gasteiger partial charge is 0.269 e. The lowest BCUT2D eigenvalue weighted by atomic mass is 10.1. The molecule has 9 nitrogen and oxygen atoms in total. The molecule has 0 saturated carbocycles. The topological polar surface area (TPSA) is 112 Å². The normalized spacial score (nSPS) is 10.9. The molecule has 4 rings (SSSR count). The van der Waals surface area contributed by atoms with Gasteiger partial charge >= 0.3 is 0 Å². The minimum Gasteiger partial charge on any atom is -0.383 e. The Morgan fingerprint density at radius 2 is 1.70 bits per heavy atom. The molecule has 3 aromatic carbocycles. The molecule has 37 heavy (non-hydrogen) atoms. The van der Waals surface area contributed by atoms with Crippen molar-refractivity contribution in [2.75, 3.05) is 13.7 Å². The lowest BCUT2D eigenvalue weighted by Crippen LogP contribution is -2.22. The molecular weight excluding hydrogens is 497 g/mol. The van der Waals surface area contributed by atoms with Crippen molar-refractivity contribution in [2.24, 2.45) is 0 Å². The Balaban J connectivity index is 1.40. The van der Waals surface area contributed by atoms with Crippen LogP contribution in [0.5, 0.6) is 0 Å². The predicted octanol–water partition coefficient (Wildman–Crippen LogP) is 4.86. The van der Waals surface area contributed by atoms with E-state index in [9.17, 15) is 19.3 Å². The van der Waals surface area contributed by atoms with Gasteiger partial charge in [0.15, 0.2) is 11.0 Å². The van der Waals surface area contributed by atoms with E-state index in [4.69, 9.17) is 4.74 Å². The van der Waals surface area contributed by atoms with Crippen molar-refractivity contribution < 1.29 is 18.8 Å². The fourth-order valence-corrected chi connectivity index (χ4v) is 4.43. The Labute approximate surface area is 216 Å². The summed E-state index contributed by atoms with van der Waals surface area (Å²) in [6, 6.07) is 19.4. The number of ether oxygens (including phenoxy) is 1. The first kappa shape index (κ1) is 26.0. The first-order chi connectivity index (χ1) is 17.9. The van der Waals surface area contributed by atoms with Crippen molar-refractivity contribution >= 4 is 23.4 Å². The molecule has 1 amide bonds. The van der Waals surface area contributed by atoms with E-state index in [0.29, 0.717) is 42.0 Å². The SMILES string of the molecule is COCCn1c(SCc2ccc(C(=O)NCc3ccc(F)cc3)cc2)nnc1-c1ccc([N+](=O)[O-])cc1. The molecule has 190 valence electrons. The molecule has 0 radical (unpaired) electrons. The third-order valence-corrected chi connectivity index (χ3v) is 6.56. The maximum Gasteiger partial charge on any atom is 0.269 e. The number of benzene rings is 3. The summed E-state index contributed by atoms with van der Waals surface area (Å²) < 4.78 is 20.2. The van der Waals surface area contributed by atoms with Crippen molar-refractivity contribution in [2.45, 2.75) is 24.0 Å². The number of carbonyl (C=O) groups excluding carboxylic acids is 1. The van der Waals surface area contributed by atoms with Gasteiger partial charge in [-0.25, -0.2) is 4.39 Å². The van der Waals surface area contributed by atoms with Crippen molar-refractivity contribution in [1.29, 1.82) is 0 Å². The van der Waals surface area contributed by atoms with Crippen LogP contribution in [0, 0.1) is 15.9 Å². The molecular formula is C26H24FN5O4S. The Morgan fingerprint density at radius 1 is 1.03 bits per heavy atom. The summed E-state index contributed by atoms with van der Waals surface area (Å²) in [5.74, 6) is 0.671. The van der Waals surface area contributed by atoms with E-state index in [-0.39, 0.29) is 17.4 Å². The first-order valence-electron chi connectivity index (χ1n) is 11.4. The average molecular weight is 522 g/mol. The molecule has 0 bridgehead atoms. The van der Waals surface area contributed by atoms with Gasteiger partial charge in [-0.15, -0.1) is 10.2 Å². The zero-order valence-electron chi connectivity index (χ0n) is 20.0. The number of hydrogen-bond acceptors (Lipinski definition) is 7. The standard InChI is InChI=1S/C26H24FN5O4S/c1-36-15-14-31-24(20-8-12-23(13-9-20)32(34)35)29-30-26(31)37-17-19-2-6-21(7-3-19)25(33)28-16-18-4-10-22(27)11-5-18/h2-13H,14-17H2,1H3,(H,28,33). The summed E-state index contributed by atoms with van der Waals surface area (Å²) in [4.78, 5) is 23.0. The number of methoxy groups -OCH3 is 1. The van der Waals surface area contributed by atoms with E-state index < -0.39 is 4.92 Å². The number of nitro groups is 1. The highest BCUT2D eigenvalue weighted by Gasteiger charge is 2.16. The zero-order chi connectivity index (χ0) is 26.2. The van der Waals surface area contributed by atoms with Crippen LogP contribution in [0.3, 0.4) is 0 Å². The van der Waals surface area contributed by atoms with E-state index in [1.807, 2.05) is 16.7 Å². The summed E-state index contributed by atoms with van der Waals surface area (Å²) >= 11 is 1.49. The van der Waals surface area contributed by atoms with Crippen LogP contribution in [0.15, 0.2) is 78.0 Å². The number of halogens is 1. The number of nitro benzene ring substituents is 1. The second-order valence-electron chi connectivity index (χ2n) is 8.05. The molecule has 0 fully saturated rings. The van der Waals surface area contributed by atoms with Gasteiger partial charge in [0.2, 0.25) is 0 Å². The molecule has 11 heteroatoms. The molecule has 0 aliphatic rings. The second-order valence-corrected chi connectivity index (χ2v) is 8.99. The maximum atomic E-state index is 13.0. The van der Waals surface area contributed by atoms with Gasteiger partial charge < -0.3 is 10.1 Å². The first-order valence-corrected chi connectivity index (χ1v) is 12.3. The number of rotatable bonds is 11. The quantitative estimate of drug-likeness (QED) is 0.170. The number of hydrogen-bond donors (Lipinski definition) is 1. The van der Waals surface area contributed by atoms with E-state index in [0.717, 1.165) is 16.7 Å². The predicted molar refractivity (Wildman–Crippen MR) is 138 cm³/mol. The molecule has 1 aromatic heterocycles. The van der Waals surface area contributed by atoms with Crippen molar-refractivity contribution in [3.05, 3.63) is 105 Å². The number of amides is 1. The number of non-ortho nitro benzene ring substituents is 1. The summed E-state index contributed by atoms with van der Waals surface area (Å²) in [5.41, 5.74) is 3.07. The highest BCUT2D eigenvalue weighted by atomic mass is 32.2. The third-order valence-electron chi connectivity index (χ3n) is 5.52. The molecule has 0 saturated heterocycles. The zero-order valence-corrected chi connectivity index (χ0v) is 20.8. The fraction of sp³-hybridized carbons (Fsp3) is 0.192. The molecule has 0 aliphatic carbocycles. The minimum absolute atomic E-state index is 0.00823. The van der Waals surface area contributed by atoms with Crippen LogP contribution in [-0.2, 0) is 23.6 Å². The molecule has 1 heterocycles. The highest BCUT2D eigenvalue weighted by Crippen LogP contribution is 2.27. The summed E-state index contributed by atoms with van der Waals surface area (Å²) in [6.45, 7) is 1.28. The summed E-state index contributed by atoms with van der Waals surface area (Å²) in [7, 11) is 1.61. The van der Waals surface area contributed by atoms with Crippen LogP contribution in [-0.4, -0.2) is 39.3 Å². The second kappa shape index (κ2) is 12.2. The van der Waals surface area contributed by atoms with E-state index in [1.54, 1.807) is 43.5 Å². The van der Waals surface area contributed by atoms with E-state index >= 15 is 0 Å². The number of aromatic nitrogens is 3. The van der Waals surface area contributed by atoms with Gasteiger partial charge in [-0.05, 0) is 47.5 Å². The Bertz CT molecular complexity index is 1360.